The average Bonchev–Trinajstić information content (AvgIpc) is 3.45. The number of likely N-dealkylation sites (N-methyl/N-ethyl adjacent to an activating group) is 1. The highest BCUT2D eigenvalue weighted by Crippen LogP contribution is 2.31. The van der Waals surface area contributed by atoms with Crippen molar-refractivity contribution >= 4 is 41.1 Å². The number of carboxylic acids is 1. The summed E-state index contributed by atoms with van der Waals surface area (Å²) in [6.07, 6.45) is 3.14. The van der Waals surface area contributed by atoms with Gasteiger partial charge in [0, 0.05) is 31.2 Å². The number of thiazole rings is 1. The fourth-order valence-electron chi connectivity index (χ4n) is 5.17. The van der Waals surface area contributed by atoms with Gasteiger partial charge >= 0.3 is 17.9 Å². The van der Waals surface area contributed by atoms with Gasteiger partial charge in [-0.3, -0.25) is 24.1 Å². The van der Waals surface area contributed by atoms with Crippen LogP contribution in [-0.2, 0) is 28.7 Å². The van der Waals surface area contributed by atoms with Crippen molar-refractivity contribution in [2.24, 2.45) is 11.8 Å². The molecule has 13 heteroatoms. The Morgan fingerprint density at radius 1 is 1.19 bits per heavy atom. The molecule has 1 fully saturated rings. The van der Waals surface area contributed by atoms with Gasteiger partial charge in [-0.2, -0.15) is 0 Å². The van der Waals surface area contributed by atoms with Gasteiger partial charge in [0.2, 0.25) is 11.8 Å². The third-order valence-corrected chi connectivity index (χ3v) is 8.84. The van der Waals surface area contributed by atoms with Crippen LogP contribution in [0.15, 0.2) is 5.38 Å². The summed E-state index contributed by atoms with van der Waals surface area (Å²) in [5, 5.41) is 14.0. The highest BCUT2D eigenvalue weighted by molar-refractivity contribution is 7.09. The number of hydrogen-bond donors (Lipinski definition) is 2. The van der Waals surface area contributed by atoms with Gasteiger partial charge in [0.05, 0.1) is 6.04 Å². The Hall–Kier alpha value is -3.06. The third-order valence-electron chi connectivity index (χ3n) is 7.90. The van der Waals surface area contributed by atoms with Crippen molar-refractivity contribution in [3.05, 3.63) is 16.1 Å². The molecular formula is C30H48N4O8S. The number of hydrogen-bond acceptors (Lipinski definition) is 10. The first kappa shape index (κ1) is 36.1. The van der Waals surface area contributed by atoms with Crippen molar-refractivity contribution in [1.82, 2.24) is 20.1 Å². The number of piperidine rings is 1. The van der Waals surface area contributed by atoms with E-state index in [9.17, 15) is 29.1 Å². The number of amides is 2. The number of nitrogens with zero attached hydrogens (tertiary/aromatic N) is 3. The molecule has 0 aromatic carbocycles. The van der Waals surface area contributed by atoms with E-state index in [0.29, 0.717) is 19.3 Å². The van der Waals surface area contributed by atoms with E-state index in [2.05, 4.69) is 10.3 Å². The molecule has 0 radical (unpaired) electrons. The number of carbonyl (C=O) groups is 5. The van der Waals surface area contributed by atoms with Gasteiger partial charge < -0.3 is 24.8 Å². The Morgan fingerprint density at radius 3 is 2.42 bits per heavy atom. The summed E-state index contributed by atoms with van der Waals surface area (Å²) in [7, 11) is 1.90. The first-order chi connectivity index (χ1) is 20.3. The molecular weight excluding hydrogens is 576 g/mol. The summed E-state index contributed by atoms with van der Waals surface area (Å²) >= 11 is 1.05. The fourth-order valence-corrected chi connectivity index (χ4v) is 6.00. The van der Waals surface area contributed by atoms with E-state index in [1.165, 1.54) is 17.2 Å². The van der Waals surface area contributed by atoms with Crippen LogP contribution in [0.2, 0.25) is 0 Å². The predicted octanol–water partition coefficient (Wildman–Crippen LogP) is 4.00. The smallest absolute Gasteiger partial charge is 0.355 e. The van der Waals surface area contributed by atoms with Gasteiger partial charge in [-0.05, 0) is 44.7 Å². The molecule has 2 amide bonds. The summed E-state index contributed by atoms with van der Waals surface area (Å²) < 4.78 is 11.1. The Bertz CT molecular complexity index is 1110. The minimum Gasteiger partial charge on any atom is -0.476 e. The second-order valence-electron chi connectivity index (χ2n) is 11.6. The van der Waals surface area contributed by atoms with Crippen molar-refractivity contribution in [3.8, 4) is 0 Å². The second-order valence-corrected chi connectivity index (χ2v) is 12.5. The maximum absolute atomic E-state index is 14.4. The largest absolute Gasteiger partial charge is 0.476 e. The van der Waals surface area contributed by atoms with E-state index in [4.69, 9.17) is 9.47 Å². The Labute approximate surface area is 258 Å². The van der Waals surface area contributed by atoms with Crippen LogP contribution in [-0.4, -0.2) is 88.1 Å². The Balaban J connectivity index is 2.48. The number of aromatic nitrogens is 1. The van der Waals surface area contributed by atoms with Gasteiger partial charge in [0.15, 0.2) is 18.5 Å². The van der Waals surface area contributed by atoms with Gasteiger partial charge in [-0.25, -0.2) is 9.78 Å². The number of carbonyl (C=O) groups excluding carboxylic acids is 4. The maximum atomic E-state index is 14.4. The van der Waals surface area contributed by atoms with Crippen molar-refractivity contribution in [1.29, 1.82) is 0 Å². The van der Waals surface area contributed by atoms with Crippen molar-refractivity contribution in [3.63, 3.8) is 0 Å². The lowest BCUT2D eigenvalue weighted by Gasteiger charge is -2.39. The number of likely N-dealkylation sites (tertiary alicyclic amines) is 1. The zero-order valence-corrected chi connectivity index (χ0v) is 27.3. The minimum atomic E-state index is -1.21. The second kappa shape index (κ2) is 17.3. The van der Waals surface area contributed by atoms with Crippen LogP contribution in [0, 0.1) is 11.8 Å². The first-order valence-corrected chi connectivity index (χ1v) is 16.0. The molecule has 0 saturated carbocycles. The molecule has 1 saturated heterocycles. The first-order valence-electron chi connectivity index (χ1n) is 15.1. The van der Waals surface area contributed by atoms with Crippen LogP contribution in [0.25, 0.3) is 0 Å². The molecule has 0 unspecified atom stereocenters. The molecule has 0 spiro atoms. The lowest BCUT2D eigenvalue weighted by atomic mass is 9.92. The maximum Gasteiger partial charge on any atom is 0.355 e. The van der Waals surface area contributed by atoms with Crippen LogP contribution < -0.4 is 5.32 Å². The van der Waals surface area contributed by atoms with E-state index < -0.39 is 42.0 Å². The SMILES string of the molecule is CCCC(=O)OCN(C(=O)[C@@H](NC(=O)[C@H]1CCCCN1C)[C@@H](C)CC)[C@H](C[C@@H](OC(C)=O)c1nc(C(=O)O)cs1)C(C)C. The zero-order valence-electron chi connectivity index (χ0n) is 26.5. The number of carboxylic acid groups (broad SMARTS) is 1. The molecule has 5 atom stereocenters. The minimum absolute atomic E-state index is 0.0768. The number of esters is 2. The molecule has 1 aliphatic heterocycles. The molecule has 1 aliphatic rings. The van der Waals surface area contributed by atoms with Crippen molar-refractivity contribution in [2.45, 2.75) is 111 Å². The molecule has 12 nitrogen and oxygen atoms in total. The van der Waals surface area contributed by atoms with Crippen LogP contribution in [0.4, 0.5) is 0 Å². The van der Waals surface area contributed by atoms with Crippen LogP contribution in [0.3, 0.4) is 0 Å². The van der Waals surface area contributed by atoms with Crippen molar-refractivity contribution in [2.75, 3.05) is 20.3 Å². The van der Waals surface area contributed by atoms with E-state index >= 15 is 0 Å². The lowest BCUT2D eigenvalue weighted by Crippen LogP contribution is -2.59. The summed E-state index contributed by atoms with van der Waals surface area (Å²) in [5.74, 6) is -3.31. The summed E-state index contributed by atoms with van der Waals surface area (Å²) in [5.41, 5.74) is -0.174. The predicted molar refractivity (Wildman–Crippen MR) is 161 cm³/mol. The topological polar surface area (TPSA) is 155 Å². The summed E-state index contributed by atoms with van der Waals surface area (Å²) in [6, 6.07) is -1.85. The molecule has 242 valence electrons. The van der Waals surface area contributed by atoms with Gasteiger partial charge in [-0.1, -0.05) is 47.5 Å². The molecule has 2 heterocycles. The van der Waals surface area contributed by atoms with E-state index in [1.807, 2.05) is 46.6 Å². The Kier molecular flexibility index (Phi) is 14.5. The van der Waals surface area contributed by atoms with Gasteiger partial charge in [-0.15, -0.1) is 11.3 Å². The zero-order chi connectivity index (χ0) is 32.3. The Morgan fingerprint density at radius 2 is 1.88 bits per heavy atom. The third kappa shape index (κ3) is 10.6. The lowest BCUT2D eigenvalue weighted by molar-refractivity contribution is -0.160. The molecule has 2 N–H and O–H groups in total. The summed E-state index contributed by atoms with van der Waals surface area (Å²) in [4.78, 5) is 71.4. The number of nitrogens with one attached hydrogen (secondary N) is 1. The van der Waals surface area contributed by atoms with Gasteiger partial charge in [0.25, 0.3) is 0 Å². The quantitative estimate of drug-likeness (QED) is 0.204. The fraction of sp³-hybridized carbons (Fsp3) is 0.733. The van der Waals surface area contributed by atoms with Crippen LogP contribution in [0.5, 0.6) is 0 Å². The standard InChI is InChI=1S/C30H48N4O8S/c1-8-12-25(36)41-17-34(29(38)26(19(5)9-2)32-27(37)22-13-10-11-14-33(22)7)23(18(3)4)15-24(42-20(6)35)28-31-21(16-43-28)30(39)40/h16,18-19,22-24,26H,8-15,17H2,1-7H3,(H,32,37)(H,39,40)/t19-,22+,23+,24+,26-/m0/s1. The molecule has 0 bridgehead atoms. The monoisotopic (exact) mass is 624 g/mol. The molecule has 2 rings (SSSR count). The van der Waals surface area contributed by atoms with Crippen molar-refractivity contribution < 1.29 is 38.6 Å². The highest BCUT2D eigenvalue weighted by Gasteiger charge is 2.39. The number of ether oxygens (including phenoxy) is 2. The van der Waals surface area contributed by atoms with Crippen LogP contribution in [0.1, 0.15) is 108 Å². The average molecular weight is 625 g/mol. The normalized spacial score (nSPS) is 18.3. The van der Waals surface area contributed by atoms with E-state index in [1.54, 1.807) is 0 Å². The molecule has 1 aromatic rings. The summed E-state index contributed by atoms with van der Waals surface area (Å²) in [6.45, 7) is 11.2. The van der Waals surface area contributed by atoms with Gasteiger partial charge in [0.1, 0.15) is 11.0 Å². The van der Waals surface area contributed by atoms with Crippen LogP contribution >= 0.6 is 11.3 Å². The van der Waals surface area contributed by atoms with E-state index in [0.717, 1.165) is 30.7 Å². The number of aromatic carboxylic acids is 1. The molecule has 0 aliphatic carbocycles. The highest BCUT2D eigenvalue weighted by atomic mass is 32.1. The molecule has 1 aromatic heterocycles. The molecule has 43 heavy (non-hydrogen) atoms. The van der Waals surface area contributed by atoms with E-state index in [-0.39, 0.29) is 54.1 Å². The number of rotatable bonds is 16.